The molecule has 0 aliphatic heterocycles. The molecule has 1 heterocycles. The van der Waals surface area contributed by atoms with Crippen molar-refractivity contribution in [2.75, 3.05) is 19.4 Å². The second-order valence-corrected chi connectivity index (χ2v) is 16.2. The van der Waals surface area contributed by atoms with Gasteiger partial charge in [0.2, 0.25) is 10.0 Å². The number of nitrogens with zero attached hydrogens (tertiary/aromatic N) is 1. The smallest absolute Gasteiger partial charge is 0.335 e. The maximum atomic E-state index is 13.4. The lowest BCUT2D eigenvalue weighted by molar-refractivity contribution is 0.0696. The van der Waals surface area contributed by atoms with Gasteiger partial charge in [0.25, 0.3) is 0 Å². The van der Waals surface area contributed by atoms with Crippen LogP contribution >= 0.6 is 11.6 Å². The number of halogens is 1. The number of carbonyl (C=O) groups is 1. The quantitative estimate of drug-likeness (QED) is 0.121. The molecule has 0 bridgehead atoms. The number of aromatic nitrogens is 1. The van der Waals surface area contributed by atoms with Crippen molar-refractivity contribution in [3.05, 3.63) is 160 Å². The number of fused-ring (bicyclic) bond motifs is 1. The average Bonchev–Trinajstić information content (AvgIpc) is 3.40. The van der Waals surface area contributed by atoms with Crippen LogP contribution in [0.4, 0.5) is 0 Å². The molecule has 0 spiro atoms. The number of sulfonamides is 1. The molecular formula is C39H35ClN2O7S2. The molecule has 0 saturated carbocycles. The van der Waals surface area contributed by atoms with E-state index in [1.54, 1.807) is 12.1 Å². The van der Waals surface area contributed by atoms with Gasteiger partial charge >= 0.3 is 5.97 Å². The first kappa shape index (κ1) is 35.9. The molecule has 0 fully saturated rings. The highest BCUT2D eigenvalue weighted by Gasteiger charge is 2.26. The van der Waals surface area contributed by atoms with Gasteiger partial charge in [-0.1, -0.05) is 72.3 Å². The van der Waals surface area contributed by atoms with Gasteiger partial charge in [-0.15, -0.1) is 0 Å². The number of nitrogens with one attached hydrogen (secondary N) is 1. The van der Waals surface area contributed by atoms with Crippen molar-refractivity contribution < 1.29 is 31.5 Å². The van der Waals surface area contributed by atoms with Gasteiger partial charge in [-0.25, -0.2) is 26.4 Å². The lowest BCUT2D eigenvalue weighted by Gasteiger charge is -2.25. The van der Waals surface area contributed by atoms with Gasteiger partial charge < -0.3 is 14.4 Å². The first-order valence-corrected chi connectivity index (χ1v) is 19.8. The van der Waals surface area contributed by atoms with Gasteiger partial charge in [0.15, 0.2) is 9.84 Å². The van der Waals surface area contributed by atoms with Crippen LogP contribution in [0.3, 0.4) is 0 Å². The van der Waals surface area contributed by atoms with Crippen LogP contribution in [0.25, 0.3) is 10.9 Å². The van der Waals surface area contributed by atoms with E-state index in [0.717, 1.165) is 39.5 Å². The molecule has 0 unspecified atom stereocenters. The fourth-order valence-corrected chi connectivity index (χ4v) is 8.06. The minimum absolute atomic E-state index is 0.0298. The number of benzene rings is 5. The van der Waals surface area contributed by atoms with Crippen molar-refractivity contribution in [1.82, 2.24) is 9.29 Å². The molecule has 2 N–H and O–H groups in total. The number of hydrogen-bond donors (Lipinski definition) is 2. The van der Waals surface area contributed by atoms with Crippen molar-refractivity contribution in [2.45, 2.75) is 28.7 Å². The Morgan fingerprint density at radius 1 is 0.784 bits per heavy atom. The summed E-state index contributed by atoms with van der Waals surface area (Å²) in [7, 11) is -7.47. The molecule has 6 rings (SSSR count). The molecule has 1 aromatic heterocycles. The summed E-state index contributed by atoms with van der Waals surface area (Å²) in [6.07, 6.45) is 1.80. The van der Waals surface area contributed by atoms with Gasteiger partial charge in [0.05, 0.1) is 28.0 Å². The van der Waals surface area contributed by atoms with Crippen LogP contribution in [0.2, 0.25) is 5.02 Å². The average molecular weight is 743 g/mol. The Morgan fingerprint density at radius 2 is 1.37 bits per heavy atom. The zero-order chi connectivity index (χ0) is 36.2. The molecule has 0 amide bonds. The Hall–Kier alpha value is -4.94. The van der Waals surface area contributed by atoms with Crippen LogP contribution in [0.1, 0.15) is 38.8 Å². The number of rotatable bonds is 14. The van der Waals surface area contributed by atoms with Gasteiger partial charge in [0, 0.05) is 47.3 Å². The van der Waals surface area contributed by atoms with Crippen LogP contribution in [0.5, 0.6) is 5.75 Å². The van der Waals surface area contributed by atoms with E-state index in [0.29, 0.717) is 23.6 Å². The molecule has 0 aliphatic carbocycles. The molecular weight excluding hydrogens is 708 g/mol. The van der Waals surface area contributed by atoms with E-state index >= 15 is 0 Å². The molecule has 5 aromatic carbocycles. The number of sulfone groups is 1. The minimum atomic E-state index is -3.98. The molecule has 51 heavy (non-hydrogen) atoms. The predicted octanol–water partition coefficient (Wildman–Crippen LogP) is 7.18. The van der Waals surface area contributed by atoms with Crippen LogP contribution < -0.4 is 9.46 Å². The molecule has 0 atom stereocenters. The van der Waals surface area contributed by atoms with E-state index in [9.17, 15) is 26.7 Å². The van der Waals surface area contributed by atoms with Crippen LogP contribution in [0.15, 0.2) is 137 Å². The standard InChI is InChI=1S/C39H35ClN2O7S2/c1-50(45,46)32-17-19-33(20-18-32)51(47,48)41-24-22-37-34(23-25-49-31-15-12-29(13-16-31)39(43)44)35-26-30(40)14-21-36(35)42(37)38(27-8-4-2-5-9-27)28-10-6-3-7-11-28/h2-21,26,38,41H,22-25H2,1H3,(H,43,44). The van der Waals surface area contributed by atoms with Gasteiger partial charge in [-0.05, 0) is 83.4 Å². The first-order chi connectivity index (χ1) is 24.4. The van der Waals surface area contributed by atoms with E-state index in [2.05, 4.69) is 33.6 Å². The summed E-state index contributed by atoms with van der Waals surface area (Å²) < 4.78 is 61.7. The van der Waals surface area contributed by atoms with Crippen molar-refractivity contribution in [3.8, 4) is 5.75 Å². The summed E-state index contributed by atoms with van der Waals surface area (Å²) in [6.45, 7) is 0.297. The van der Waals surface area contributed by atoms with E-state index < -0.39 is 25.8 Å². The third-order valence-corrected chi connectivity index (χ3v) is 11.4. The van der Waals surface area contributed by atoms with Crippen molar-refractivity contribution in [1.29, 1.82) is 0 Å². The van der Waals surface area contributed by atoms with Gasteiger partial charge in [-0.3, -0.25) is 0 Å². The largest absolute Gasteiger partial charge is 0.493 e. The number of ether oxygens (including phenoxy) is 1. The second kappa shape index (κ2) is 15.1. The van der Waals surface area contributed by atoms with Gasteiger partial charge in [-0.2, -0.15) is 0 Å². The zero-order valence-corrected chi connectivity index (χ0v) is 30.0. The van der Waals surface area contributed by atoms with E-state index in [4.69, 9.17) is 16.3 Å². The summed E-state index contributed by atoms with van der Waals surface area (Å²) in [5, 5.41) is 10.7. The minimum Gasteiger partial charge on any atom is -0.493 e. The Kier molecular flexibility index (Phi) is 10.6. The monoisotopic (exact) mass is 742 g/mol. The van der Waals surface area contributed by atoms with Crippen LogP contribution in [0, 0.1) is 0 Å². The van der Waals surface area contributed by atoms with Crippen LogP contribution in [-0.2, 0) is 32.7 Å². The summed E-state index contributed by atoms with van der Waals surface area (Å²) in [5.41, 5.74) is 4.94. The second-order valence-electron chi connectivity index (χ2n) is 12.0. The fourth-order valence-electron chi connectivity index (χ4n) is 6.23. The molecule has 9 nitrogen and oxygen atoms in total. The SMILES string of the molecule is CS(=O)(=O)c1ccc(S(=O)(=O)NCCc2c(CCOc3ccc(C(=O)O)cc3)c3cc(Cl)ccc3n2C(c2ccccc2)c2ccccc2)cc1. The maximum Gasteiger partial charge on any atom is 0.335 e. The lowest BCUT2D eigenvalue weighted by atomic mass is 9.97. The highest BCUT2D eigenvalue weighted by atomic mass is 35.5. The zero-order valence-electron chi connectivity index (χ0n) is 27.6. The fraction of sp³-hybridized carbons (Fsp3) is 0.154. The van der Waals surface area contributed by atoms with Crippen LogP contribution in [-0.4, -0.2) is 51.9 Å². The first-order valence-electron chi connectivity index (χ1n) is 16.1. The number of carboxylic acids is 1. The summed E-state index contributed by atoms with van der Waals surface area (Å²) in [6, 6.07) is 36.9. The lowest BCUT2D eigenvalue weighted by Crippen LogP contribution is -2.27. The highest BCUT2D eigenvalue weighted by Crippen LogP contribution is 2.38. The Balaban J connectivity index is 1.41. The Labute approximate surface area is 302 Å². The van der Waals surface area contributed by atoms with E-state index in [-0.39, 0.29) is 34.5 Å². The van der Waals surface area contributed by atoms with Crippen molar-refractivity contribution in [3.63, 3.8) is 0 Å². The maximum absolute atomic E-state index is 13.4. The third-order valence-electron chi connectivity index (χ3n) is 8.61. The molecule has 0 radical (unpaired) electrons. The number of carboxylic acid groups (broad SMARTS) is 1. The number of aromatic carboxylic acids is 1. The molecule has 12 heteroatoms. The van der Waals surface area contributed by atoms with Gasteiger partial charge in [0.1, 0.15) is 5.75 Å². The predicted molar refractivity (Wildman–Crippen MR) is 198 cm³/mol. The van der Waals surface area contributed by atoms with Crippen molar-refractivity contribution in [2.24, 2.45) is 0 Å². The summed E-state index contributed by atoms with van der Waals surface area (Å²) in [4.78, 5) is 11.3. The Bertz CT molecular complexity index is 2340. The van der Waals surface area contributed by atoms with E-state index in [1.807, 2.05) is 54.6 Å². The van der Waals surface area contributed by atoms with Crippen molar-refractivity contribution >= 4 is 48.3 Å². The Morgan fingerprint density at radius 3 is 1.94 bits per heavy atom. The molecule has 0 saturated heterocycles. The number of hydrogen-bond acceptors (Lipinski definition) is 6. The highest BCUT2D eigenvalue weighted by molar-refractivity contribution is 7.90. The third kappa shape index (κ3) is 8.18. The van der Waals surface area contributed by atoms with E-state index in [1.165, 1.54) is 36.4 Å². The summed E-state index contributed by atoms with van der Waals surface area (Å²) >= 11 is 6.59. The molecule has 6 aromatic rings. The topological polar surface area (TPSA) is 132 Å². The summed E-state index contributed by atoms with van der Waals surface area (Å²) in [5.74, 6) is -0.506. The molecule has 0 aliphatic rings. The molecule has 262 valence electrons. The normalized spacial score (nSPS) is 12.0.